The molecule has 0 radical (unpaired) electrons. The number of amides is 5. The Hall–Kier alpha value is -3.83. The van der Waals surface area contributed by atoms with Gasteiger partial charge in [-0.15, -0.1) is 0 Å². The van der Waals surface area contributed by atoms with Crippen molar-refractivity contribution in [3.63, 3.8) is 0 Å². The van der Waals surface area contributed by atoms with Gasteiger partial charge in [-0.3, -0.25) is 28.8 Å². The number of aliphatic carboxylic acids is 2. The van der Waals surface area contributed by atoms with Crippen LogP contribution in [0.3, 0.4) is 0 Å². The summed E-state index contributed by atoms with van der Waals surface area (Å²) in [6, 6.07) is -5.61. The van der Waals surface area contributed by atoms with Gasteiger partial charge in [0.25, 0.3) is 0 Å². The number of hydrogen-bond acceptors (Lipinski definition) is 10. The number of rotatable bonds is 22. The summed E-state index contributed by atoms with van der Waals surface area (Å²) in [7, 11) is 0. The van der Waals surface area contributed by atoms with Gasteiger partial charge in [0.1, 0.15) is 24.2 Å². The summed E-state index contributed by atoms with van der Waals surface area (Å²) >= 11 is 0. The van der Waals surface area contributed by atoms with Crippen molar-refractivity contribution in [3.8, 4) is 0 Å². The first-order valence-electron chi connectivity index (χ1n) is 13.8. The SMILES string of the molecule is C[C@H](N)C(=O)N[C@@H](CCCCN)C(=O)NCC(=O)N[C@@H](CCCCN)C(=O)N[C@@H](C)C(=O)N[C@@H](CCC(=O)O)C(=O)O. The fourth-order valence-electron chi connectivity index (χ4n) is 3.56. The Morgan fingerprint density at radius 1 is 0.643 bits per heavy atom. The lowest BCUT2D eigenvalue weighted by Gasteiger charge is -2.23. The number of carboxylic acid groups (broad SMARTS) is 2. The minimum Gasteiger partial charge on any atom is -0.481 e. The topological polar surface area (TPSA) is 298 Å². The molecule has 0 aromatic carbocycles. The molecule has 0 spiro atoms. The van der Waals surface area contributed by atoms with Gasteiger partial charge in [-0.25, -0.2) is 4.79 Å². The van der Waals surface area contributed by atoms with Crippen molar-refractivity contribution in [1.82, 2.24) is 26.6 Å². The summed E-state index contributed by atoms with van der Waals surface area (Å²) in [6.07, 6.45) is 1.73. The van der Waals surface area contributed by atoms with Crippen LogP contribution in [0.4, 0.5) is 0 Å². The van der Waals surface area contributed by atoms with Gasteiger partial charge in [-0.2, -0.15) is 0 Å². The van der Waals surface area contributed by atoms with E-state index in [1.807, 2.05) is 0 Å². The molecule has 13 N–H and O–H groups in total. The Kier molecular flexibility index (Phi) is 19.0. The first kappa shape index (κ1) is 38.2. The van der Waals surface area contributed by atoms with Crippen LogP contribution in [0, 0.1) is 0 Å². The number of carbonyl (C=O) groups is 7. The summed E-state index contributed by atoms with van der Waals surface area (Å²) in [6.45, 7) is 2.98. The van der Waals surface area contributed by atoms with Gasteiger partial charge >= 0.3 is 11.9 Å². The molecule has 0 aromatic rings. The first-order chi connectivity index (χ1) is 19.7. The van der Waals surface area contributed by atoms with E-state index in [2.05, 4.69) is 26.6 Å². The Bertz CT molecular complexity index is 932. The average Bonchev–Trinajstić information content (AvgIpc) is 2.92. The highest BCUT2D eigenvalue weighted by molar-refractivity contribution is 5.95. The van der Waals surface area contributed by atoms with Crippen LogP contribution in [-0.4, -0.2) is 102 Å². The van der Waals surface area contributed by atoms with Crippen molar-refractivity contribution < 1.29 is 43.8 Å². The Labute approximate surface area is 244 Å². The van der Waals surface area contributed by atoms with E-state index in [1.54, 1.807) is 0 Å². The van der Waals surface area contributed by atoms with E-state index in [0.717, 1.165) is 0 Å². The lowest BCUT2D eigenvalue weighted by Crippen LogP contribution is -2.56. The third kappa shape index (κ3) is 16.4. The highest BCUT2D eigenvalue weighted by Gasteiger charge is 2.28. The van der Waals surface area contributed by atoms with Crippen LogP contribution >= 0.6 is 0 Å². The maximum atomic E-state index is 12.9. The smallest absolute Gasteiger partial charge is 0.326 e. The molecule has 0 heterocycles. The second-order valence-electron chi connectivity index (χ2n) is 9.82. The van der Waals surface area contributed by atoms with Crippen molar-refractivity contribution in [1.29, 1.82) is 0 Å². The number of nitrogens with one attached hydrogen (secondary N) is 5. The maximum absolute atomic E-state index is 12.9. The molecule has 5 amide bonds. The molecule has 240 valence electrons. The molecule has 5 atom stereocenters. The van der Waals surface area contributed by atoms with E-state index in [1.165, 1.54) is 13.8 Å². The number of carbonyl (C=O) groups excluding carboxylic acids is 5. The lowest BCUT2D eigenvalue weighted by atomic mass is 10.1. The number of unbranched alkanes of at least 4 members (excludes halogenated alkanes) is 2. The zero-order valence-electron chi connectivity index (χ0n) is 24.1. The second kappa shape index (κ2) is 21.0. The second-order valence-corrected chi connectivity index (χ2v) is 9.82. The van der Waals surface area contributed by atoms with Crippen molar-refractivity contribution in [2.45, 2.75) is 95.4 Å². The maximum Gasteiger partial charge on any atom is 0.326 e. The van der Waals surface area contributed by atoms with Crippen LogP contribution < -0.4 is 43.8 Å². The molecular formula is C25H46N8O9. The normalized spacial score (nSPS) is 14.3. The zero-order valence-corrected chi connectivity index (χ0v) is 24.1. The number of nitrogens with two attached hydrogens (primary N) is 3. The standard InChI is InChI=1S/C25H46N8O9/c1-14(28)21(37)32-16(7-3-5-11-26)23(39)29-13-19(34)31-17(8-4-6-12-27)24(40)30-15(2)22(38)33-18(25(41)42)9-10-20(35)36/h14-18H,3-13,26-28H2,1-2H3,(H,29,39)(H,30,40)(H,31,34)(H,32,37)(H,33,38)(H,35,36)(H,41,42)/t14-,15-,16-,17-,18-/m0/s1. The third-order valence-electron chi connectivity index (χ3n) is 6.03. The summed E-state index contributed by atoms with van der Waals surface area (Å²) in [4.78, 5) is 84.8. The summed E-state index contributed by atoms with van der Waals surface area (Å²) in [5.41, 5.74) is 16.6. The molecule has 0 bridgehead atoms. The van der Waals surface area contributed by atoms with Crippen LogP contribution in [0.15, 0.2) is 0 Å². The molecule has 17 heteroatoms. The van der Waals surface area contributed by atoms with Crippen molar-refractivity contribution in [3.05, 3.63) is 0 Å². The van der Waals surface area contributed by atoms with Crippen LogP contribution in [0.2, 0.25) is 0 Å². The molecule has 42 heavy (non-hydrogen) atoms. The monoisotopic (exact) mass is 602 g/mol. The van der Waals surface area contributed by atoms with Gasteiger partial charge in [-0.1, -0.05) is 0 Å². The Morgan fingerprint density at radius 3 is 1.64 bits per heavy atom. The molecule has 0 fully saturated rings. The molecule has 0 saturated heterocycles. The van der Waals surface area contributed by atoms with Gasteiger partial charge in [-0.05, 0) is 71.9 Å². The summed E-state index contributed by atoms with van der Waals surface area (Å²) in [5.74, 6) is -6.16. The number of carboxylic acids is 2. The molecule has 0 aliphatic rings. The van der Waals surface area contributed by atoms with Gasteiger partial charge in [0.15, 0.2) is 0 Å². The van der Waals surface area contributed by atoms with E-state index < -0.39 is 84.6 Å². The lowest BCUT2D eigenvalue weighted by molar-refractivity contribution is -0.143. The van der Waals surface area contributed by atoms with Gasteiger partial charge in [0.2, 0.25) is 29.5 Å². The molecule has 0 aliphatic heterocycles. The van der Waals surface area contributed by atoms with Crippen molar-refractivity contribution >= 4 is 41.5 Å². The predicted octanol–water partition coefficient (Wildman–Crippen LogP) is -3.38. The van der Waals surface area contributed by atoms with E-state index >= 15 is 0 Å². The van der Waals surface area contributed by atoms with E-state index in [4.69, 9.17) is 22.3 Å². The highest BCUT2D eigenvalue weighted by atomic mass is 16.4. The van der Waals surface area contributed by atoms with E-state index in [-0.39, 0.29) is 19.3 Å². The Morgan fingerprint density at radius 2 is 1.17 bits per heavy atom. The summed E-state index contributed by atoms with van der Waals surface area (Å²) in [5, 5.41) is 30.0. The fourth-order valence-corrected chi connectivity index (χ4v) is 3.56. The van der Waals surface area contributed by atoms with E-state index in [9.17, 15) is 38.7 Å². The quantitative estimate of drug-likeness (QED) is 0.0543. The van der Waals surface area contributed by atoms with Crippen LogP contribution in [0.1, 0.15) is 65.2 Å². The minimum atomic E-state index is -1.48. The molecular weight excluding hydrogens is 556 g/mol. The van der Waals surface area contributed by atoms with Crippen molar-refractivity contribution in [2.75, 3.05) is 19.6 Å². The fraction of sp³-hybridized carbons (Fsp3) is 0.720. The molecule has 0 rings (SSSR count). The molecule has 0 saturated carbocycles. The van der Waals surface area contributed by atoms with Crippen LogP contribution in [-0.2, 0) is 33.6 Å². The van der Waals surface area contributed by atoms with Crippen LogP contribution in [0.25, 0.3) is 0 Å². The molecule has 17 nitrogen and oxygen atoms in total. The first-order valence-corrected chi connectivity index (χ1v) is 13.8. The van der Waals surface area contributed by atoms with Gasteiger partial charge < -0.3 is 54.0 Å². The third-order valence-corrected chi connectivity index (χ3v) is 6.03. The van der Waals surface area contributed by atoms with Gasteiger partial charge in [0.05, 0.1) is 12.6 Å². The molecule has 0 aliphatic carbocycles. The van der Waals surface area contributed by atoms with Gasteiger partial charge in [0, 0.05) is 6.42 Å². The van der Waals surface area contributed by atoms with E-state index in [0.29, 0.717) is 38.8 Å². The van der Waals surface area contributed by atoms with Crippen molar-refractivity contribution in [2.24, 2.45) is 17.2 Å². The Balaban J connectivity index is 5.25. The average molecular weight is 603 g/mol. The highest BCUT2D eigenvalue weighted by Crippen LogP contribution is 2.04. The number of hydrogen-bond donors (Lipinski definition) is 10. The minimum absolute atomic E-state index is 0.152. The largest absolute Gasteiger partial charge is 0.481 e. The predicted molar refractivity (Wildman–Crippen MR) is 150 cm³/mol. The summed E-state index contributed by atoms with van der Waals surface area (Å²) < 4.78 is 0. The zero-order chi connectivity index (χ0) is 32.2. The molecule has 0 aromatic heterocycles. The molecule has 0 unspecified atom stereocenters. The van der Waals surface area contributed by atoms with Crippen LogP contribution in [0.5, 0.6) is 0 Å².